The lowest BCUT2D eigenvalue weighted by Crippen LogP contribution is -1.93. The average molecular weight is 111 g/mol. The van der Waals surface area contributed by atoms with Gasteiger partial charge in [0.05, 0.1) is 19.4 Å². The van der Waals surface area contributed by atoms with Crippen LogP contribution in [0.4, 0.5) is 0 Å². The molecular weight excluding hydrogens is 104 g/mol. The Kier molecular flexibility index (Phi) is 1.20. The van der Waals surface area contributed by atoms with Gasteiger partial charge in [-0.05, 0) is 0 Å². The number of aryl methyl sites for hydroxylation is 1. The van der Waals surface area contributed by atoms with E-state index >= 15 is 0 Å². The van der Waals surface area contributed by atoms with Crippen LogP contribution in [0, 0.1) is 6.07 Å². The van der Waals surface area contributed by atoms with Crippen LogP contribution in [-0.2, 0) is 7.05 Å². The lowest BCUT2D eigenvalue weighted by Gasteiger charge is -1.95. The Morgan fingerprint density at radius 3 is 2.88 bits per heavy atom. The topological polar surface area (TPSA) is 27.1 Å². The van der Waals surface area contributed by atoms with E-state index in [4.69, 9.17) is 4.74 Å². The quantitative estimate of drug-likeness (QED) is 0.518. The van der Waals surface area contributed by atoms with Gasteiger partial charge in [0.15, 0.2) is 0 Å². The Morgan fingerprint density at radius 1 is 1.88 bits per heavy atom. The summed E-state index contributed by atoms with van der Waals surface area (Å²) in [5.41, 5.74) is 0. The van der Waals surface area contributed by atoms with Crippen molar-refractivity contribution in [3.63, 3.8) is 0 Å². The fourth-order valence-electron chi connectivity index (χ4n) is 0.508. The fraction of sp³-hybridized carbons (Fsp3) is 0.400. The van der Waals surface area contributed by atoms with Crippen LogP contribution >= 0.6 is 0 Å². The van der Waals surface area contributed by atoms with Crippen molar-refractivity contribution in [2.24, 2.45) is 7.05 Å². The van der Waals surface area contributed by atoms with Gasteiger partial charge >= 0.3 is 0 Å². The highest BCUT2D eigenvalue weighted by Gasteiger charge is 1.92. The molecule has 0 bridgehead atoms. The standard InChI is InChI=1S/C5H7N2O/c1-7-5(8-2)3-4-6-7/h4H,1-2H3. The Hall–Kier alpha value is -0.990. The number of ether oxygens (including phenoxy) is 1. The minimum Gasteiger partial charge on any atom is -0.481 e. The monoisotopic (exact) mass is 111 g/mol. The van der Waals surface area contributed by atoms with Gasteiger partial charge < -0.3 is 4.74 Å². The molecule has 0 N–H and O–H groups in total. The molecule has 1 radical (unpaired) electrons. The van der Waals surface area contributed by atoms with Crippen LogP contribution in [-0.4, -0.2) is 16.9 Å². The zero-order valence-corrected chi connectivity index (χ0v) is 4.88. The van der Waals surface area contributed by atoms with Crippen LogP contribution < -0.4 is 4.74 Å². The van der Waals surface area contributed by atoms with Crippen LogP contribution in [0.3, 0.4) is 0 Å². The summed E-state index contributed by atoms with van der Waals surface area (Å²) in [6, 6.07) is 2.78. The first kappa shape index (κ1) is 5.15. The third kappa shape index (κ3) is 0.665. The van der Waals surface area contributed by atoms with Crippen LogP contribution in [0.5, 0.6) is 5.88 Å². The second kappa shape index (κ2) is 1.86. The Labute approximate surface area is 47.9 Å². The van der Waals surface area contributed by atoms with Crippen molar-refractivity contribution in [3.05, 3.63) is 12.3 Å². The van der Waals surface area contributed by atoms with E-state index in [0.717, 1.165) is 0 Å². The highest BCUT2D eigenvalue weighted by atomic mass is 16.5. The maximum absolute atomic E-state index is 4.83. The summed E-state index contributed by atoms with van der Waals surface area (Å²) in [6.45, 7) is 0. The molecule has 1 heterocycles. The molecule has 0 fully saturated rings. The summed E-state index contributed by atoms with van der Waals surface area (Å²) >= 11 is 0. The first-order valence-corrected chi connectivity index (χ1v) is 2.28. The van der Waals surface area contributed by atoms with E-state index in [2.05, 4.69) is 11.2 Å². The third-order valence-electron chi connectivity index (χ3n) is 0.906. The molecule has 0 saturated heterocycles. The number of methoxy groups -OCH3 is 1. The zero-order valence-electron chi connectivity index (χ0n) is 4.88. The van der Waals surface area contributed by atoms with Crippen LogP contribution in [0.1, 0.15) is 0 Å². The normalized spacial score (nSPS) is 9.25. The Morgan fingerprint density at radius 2 is 2.62 bits per heavy atom. The molecule has 43 valence electrons. The molecule has 3 heteroatoms. The maximum Gasteiger partial charge on any atom is 0.219 e. The van der Waals surface area contributed by atoms with Crippen molar-refractivity contribution < 1.29 is 4.74 Å². The highest BCUT2D eigenvalue weighted by Crippen LogP contribution is 2.02. The predicted octanol–water partition coefficient (Wildman–Crippen LogP) is 0.229. The van der Waals surface area contributed by atoms with Crippen molar-refractivity contribution >= 4 is 0 Å². The number of hydrogen-bond acceptors (Lipinski definition) is 2. The third-order valence-corrected chi connectivity index (χ3v) is 0.906. The molecule has 0 unspecified atom stereocenters. The van der Waals surface area contributed by atoms with E-state index in [1.807, 2.05) is 0 Å². The molecule has 0 aliphatic heterocycles. The van der Waals surface area contributed by atoms with E-state index in [1.165, 1.54) is 0 Å². The number of nitrogens with zero attached hydrogens (tertiary/aromatic N) is 2. The Bertz CT molecular complexity index is 171. The minimum atomic E-state index is 0.657. The van der Waals surface area contributed by atoms with Gasteiger partial charge in [-0.2, -0.15) is 5.10 Å². The molecule has 0 aliphatic rings. The molecule has 0 aliphatic carbocycles. The van der Waals surface area contributed by atoms with E-state index in [-0.39, 0.29) is 0 Å². The second-order valence-corrected chi connectivity index (χ2v) is 1.42. The summed E-state index contributed by atoms with van der Waals surface area (Å²) in [5.74, 6) is 0.657. The molecule has 0 spiro atoms. The Balaban J connectivity index is 2.92. The predicted molar refractivity (Wildman–Crippen MR) is 28.6 cm³/mol. The van der Waals surface area contributed by atoms with Gasteiger partial charge in [-0.1, -0.05) is 0 Å². The van der Waals surface area contributed by atoms with E-state index < -0.39 is 0 Å². The summed E-state index contributed by atoms with van der Waals surface area (Å²) < 4.78 is 6.44. The molecule has 1 rings (SSSR count). The first-order valence-electron chi connectivity index (χ1n) is 2.28. The molecule has 3 nitrogen and oxygen atoms in total. The molecule has 8 heavy (non-hydrogen) atoms. The summed E-state index contributed by atoms with van der Waals surface area (Å²) in [5, 5.41) is 3.82. The van der Waals surface area contributed by atoms with Crippen LogP contribution in [0.15, 0.2) is 6.20 Å². The van der Waals surface area contributed by atoms with Gasteiger partial charge in [-0.3, -0.25) is 0 Å². The molecule has 1 aromatic heterocycles. The van der Waals surface area contributed by atoms with Crippen LogP contribution in [0.25, 0.3) is 0 Å². The van der Waals surface area contributed by atoms with Gasteiger partial charge in [-0.25, -0.2) is 4.68 Å². The van der Waals surface area contributed by atoms with Crippen molar-refractivity contribution in [2.45, 2.75) is 0 Å². The molecule has 0 atom stereocenters. The molecule has 0 saturated carbocycles. The molecule has 0 aromatic carbocycles. The summed E-state index contributed by atoms with van der Waals surface area (Å²) in [4.78, 5) is 0. The maximum atomic E-state index is 4.83. The lowest BCUT2D eigenvalue weighted by molar-refractivity contribution is 0.372. The van der Waals surface area contributed by atoms with Gasteiger partial charge in [-0.15, -0.1) is 0 Å². The average Bonchev–Trinajstić information content (AvgIpc) is 2.14. The lowest BCUT2D eigenvalue weighted by atomic mass is 10.7. The first-order chi connectivity index (χ1) is 3.84. The smallest absolute Gasteiger partial charge is 0.219 e. The van der Waals surface area contributed by atoms with Crippen molar-refractivity contribution in [2.75, 3.05) is 7.11 Å². The van der Waals surface area contributed by atoms with Gasteiger partial charge in [0, 0.05) is 7.05 Å². The van der Waals surface area contributed by atoms with Gasteiger partial charge in [0.2, 0.25) is 5.88 Å². The highest BCUT2D eigenvalue weighted by molar-refractivity contribution is 5.03. The molecule has 0 amide bonds. The van der Waals surface area contributed by atoms with E-state index in [1.54, 1.807) is 25.0 Å². The minimum absolute atomic E-state index is 0.657. The van der Waals surface area contributed by atoms with Crippen molar-refractivity contribution in [3.8, 4) is 5.88 Å². The fourth-order valence-corrected chi connectivity index (χ4v) is 0.508. The summed E-state index contributed by atoms with van der Waals surface area (Å²) in [6.07, 6.45) is 1.57. The number of aromatic nitrogens is 2. The van der Waals surface area contributed by atoms with Gasteiger partial charge in [0.1, 0.15) is 0 Å². The van der Waals surface area contributed by atoms with Crippen LogP contribution in [0.2, 0.25) is 0 Å². The van der Waals surface area contributed by atoms with Crippen molar-refractivity contribution in [1.82, 2.24) is 9.78 Å². The van der Waals surface area contributed by atoms with E-state index in [0.29, 0.717) is 5.88 Å². The zero-order chi connectivity index (χ0) is 5.98. The van der Waals surface area contributed by atoms with Gasteiger partial charge in [0.25, 0.3) is 0 Å². The SMILES string of the molecule is COc1[c]cnn1C. The number of rotatable bonds is 1. The van der Waals surface area contributed by atoms with E-state index in [9.17, 15) is 0 Å². The molecule has 1 aromatic rings. The number of hydrogen-bond donors (Lipinski definition) is 0. The molecular formula is C5H7N2O. The van der Waals surface area contributed by atoms with Crippen molar-refractivity contribution in [1.29, 1.82) is 0 Å². The second-order valence-electron chi connectivity index (χ2n) is 1.42. The summed E-state index contributed by atoms with van der Waals surface area (Å²) in [7, 11) is 3.39. The largest absolute Gasteiger partial charge is 0.481 e.